The van der Waals surface area contributed by atoms with Gasteiger partial charge in [0, 0.05) is 26.1 Å². The molecule has 2 aliphatic rings. The lowest BCUT2D eigenvalue weighted by Gasteiger charge is -2.40. The molecule has 1 atom stereocenters. The maximum Gasteiger partial charge on any atom is 0.180 e. The highest BCUT2D eigenvalue weighted by molar-refractivity contribution is 9.10. The number of quaternary nitrogens is 1. The van der Waals surface area contributed by atoms with Gasteiger partial charge in [-0.25, -0.2) is 0 Å². The second-order valence-corrected chi connectivity index (χ2v) is 9.27. The van der Waals surface area contributed by atoms with E-state index < -0.39 is 4.30 Å². The van der Waals surface area contributed by atoms with Gasteiger partial charge in [0.25, 0.3) is 0 Å². The van der Waals surface area contributed by atoms with E-state index in [2.05, 4.69) is 73.2 Å². The minimum Gasteiger partial charge on any atom is -1.00 e. The van der Waals surface area contributed by atoms with Crippen molar-refractivity contribution in [1.29, 1.82) is 0 Å². The number of alkyl halides is 3. The fourth-order valence-electron chi connectivity index (χ4n) is 3.17. The number of halogens is 6. The minimum absolute atomic E-state index is 0. The van der Waals surface area contributed by atoms with Crippen molar-refractivity contribution in [2.75, 3.05) is 11.6 Å². The van der Waals surface area contributed by atoms with Gasteiger partial charge < -0.3 is 17.3 Å². The van der Waals surface area contributed by atoms with Crippen molar-refractivity contribution in [2.45, 2.75) is 17.4 Å². The molecule has 4 rings (SSSR count). The van der Waals surface area contributed by atoms with Crippen molar-refractivity contribution in [3.8, 4) is 0 Å². The topological polar surface area (TPSA) is 7.68 Å². The van der Waals surface area contributed by atoms with Gasteiger partial charge in [0.05, 0.1) is 12.2 Å². The Morgan fingerprint density at radius 1 is 0.958 bits per heavy atom. The molecule has 1 unspecified atom stereocenters. The van der Waals surface area contributed by atoms with Crippen LogP contribution in [0.4, 0.5) is 11.4 Å². The first-order valence-electron chi connectivity index (χ1n) is 7.03. The quantitative estimate of drug-likeness (QED) is 0.509. The van der Waals surface area contributed by atoms with Crippen LogP contribution in [0.15, 0.2) is 45.3 Å². The van der Waals surface area contributed by atoms with Crippen LogP contribution in [0.3, 0.4) is 0 Å². The Hall–Kier alpha value is 0.320. The van der Waals surface area contributed by atoms with Gasteiger partial charge in [0.15, 0.2) is 11.0 Å². The molecule has 0 saturated carbocycles. The summed E-state index contributed by atoms with van der Waals surface area (Å²) in [7, 11) is 0. The zero-order valence-corrected chi connectivity index (χ0v) is 18.6. The highest BCUT2D eigenvalue weighted by Gasteiger charge is 2.33. The standard InChI is InChI=1S/C15H12Br2N2.CHCl3.ClH/c16-12-1-3-14-10(5-12)7-19-9-18(14)8-11-6-13(17)2-4-15(11)19;2-1(3)4;/h1-6H,7-9H2;1H;1H. The third-order valence-electron chi connectivity index (χ3n) is 3.98. The lowest BCUT2D eigenvalue weighted by molar-refractivity contribution is -0.851. The maximum absolute atomic E-state index is 4.81. The second-order valence-electron chi connectivity index (χ2n) is 5.46. The number of anilines is 1. The van der Waals surface area contributed by atoms with Crippen LogP contribution < -0.4 is 22.2 Å². The zero-order chi connectivity index (χ0) is 16.6. The predicted octanol–water partition coefficient (Wildman–Crippen LogP) is 2.21. The first-order valence-corrected chi connectivity index (χ1v) is 9.92. The van der Waals surface area contributed by atoms with E-state index in [1.807, 2.05) is 0 Å². The van der Waals surface area contributed by atoms with E-state index in [1.165, 1.54) is 31.4 Å². The predicted molar refractivity (Wildman–Crippen MR) is 105 cm³/mol. The first kappa shape index (κ1) is 20.6. The van der Waals surface area contributed by atoms with Gasteiger partial charge in [0.1, 0.15) is 12.2 Å². The van der Waals surface area contributed by atoms with Crippen LogP contribution in [0.5, 0.6) is 0 Å². The Morgan fingerprint density at radius 3 is 2.21 bits per heavy atom. The smallest absolute Gasteiger partial charge is 0.180 e. The van der Waals surface area contributed by atoms with Crippen molar-refractivity contribution in [3.63, 3.8) is 0 Å². The number of benzene rings is 2. The van der Waals surface area contributed by atoms with E-state index in [9.17, 15) is 0 Å². The summed E-state index contributed by atoms with van der Waals surface area (Å²) in [6, 6.07) is 13.3. The van der Waals surface area contributed by atoms with Crippen LogP contribution in [0.25, 0.3) is 0 Å². The van der Waals surface area contributed by atoms with E-state index in [-0.39, 0.29) is 12.4 Å². The molecule has 0 fully saturated rings. The van der Waals surface area contributed by atoms with Crippen molar-refractivity contribution in [2.24, 2.45) is 0 Å². The monoisotopic (exact) mass is 532 g/mol. The molecule has 8 heteroatoms. The normalized spacial score (nSPS) is 17.2. The average molecular weight is 536 g/mol. The Balaban J connectivity index is 0.000000379. The fourth-order valence-corrected chi connectivity index (χ4v) is 3.99. The number of hydrogen-bond donors (Lipinski definition) is 1. The van der Waals surface area contributed by atoms with Gasteiger partial charge in [-0.1, -0.05) is 66.7 Å². The molecule has 0 saturated heterocycles. The number of nitrogens with one attached hydrogen (secondary N) is 1. The van der Waals surface area contributed by atoms with Gasteiger partial charge in [-0.2, -0.15) is 0 Å². The van der Waals surface area contributed by atoms with Crippen LogP contribution >= 0.6 is 66.7 Å². The molecule has 1 N–H and O–H groups in total. The largest absolute Gasteiger partial charge is 1.00 e. The number of nitrogens with zero attached hydrogens (tertiary/aromatic N) is 1. The Morgan fingerprint density at radius 2 is 1.54 bits per heavy atom. The highest BCUT2D eigenvalue weighted by Crippen LogP contribution is 2.32. The van der Waals surface area contributed by atoms with E-state index in [4.69, 9.17) is 34.8 Å². The van der Waals surface area contributed by atoms with Gasteiger partial charge in [0.2, 0.25) is 0 Å². The third-order valence-corrected chi connectivity index (χ3v) is 4.96. The van der Waals surface area contributed by atoms with Crippen molar-refractivity contribution in [1.82, 2.24) is 0 Å². The van der Waals surface area contributed by atoms with Crippen LogP contribution in [-0.2, 0) is 13.1 Å². The lowest BCUT2D eigenvalue weighted by Crippen LogP contribution is -3.10. The van der Waals surface area contributed by atoms with Gasteiger partial charge in [-0.3, -0.25) is 4.90 Å². The Bertz CT molecular complexity index is 667. The summed E-state index contributed by atoms with van der Waals surface area (Å²) in [4.78, 5) is 4.02. The molecule has 0 amide bonds. The maximum atomic E-state index is 4.81. The summed E-state index contributed by atoms with van der Waals surface area (Å²) >= 11 is 21.6. The number of rotatable bonds is 0. The van der Waals surface area contributed by atoms with Crippen LogP contribution in [0.2, 0.25) is 0 Å². The average Bonchev–Trinajstić information content (AvgIpc) is 2.46. The summed E-state index contributed by atoms with van der Waals surface area (Å²) in [5, 5.41) is 0. The highest BCUT2D eigenvalue weighted by atomic mass is 79.9. The molecule has 0 aromatic heterocycles. The number of fused-ring (bicyclic) bond motifs is 6. The summed E-state index contributed by atoms with van der Waals surface area (Å²) in [6.07, 6.45) is 0. The molecule has 0 spiro atoms. The van der Waals surface area contributed by atoms with E-state index >= 15 is 0 Å². The molecule has 2 aliphatic heterocycles. The van der Waals surface area contributed by atoms with Gasteiger partial charge in [-0.15, -0.1) is 0 Å². The van der Waals surface area contributed by atoms with E-state index in [0.717, 1.165) is 19.8 Å². The fraction of sp³-hybridized carbons (Fsp3) is 0.250. The van der Waals surface area contributed by atoms with Gasteiger partial charge in [-0.05, 0) is 30.3 Å². The minimum atomic E-state index is -0.750. The Kier molecular flexibility index (Phi) is 7.57. The summed E-state index contributed by atoms with van der Waals surface area (Å²) < 4.78 is 1.59. The van der Waals surface area contributed by atoms with E-state index in [0.29, 0.717) is 0 Å². The van der Waals surface area contributed by atoms with Crippen molar-refractivity contribution >= 4 is 78.0 Å². The Labute approximate surface area is 179 Å². The van der Waals surface area contributed by atoms with Crippen LogP contribution in [0, 0.1) is 0 Å². The van der Waals surface area contributed by atoms with Crippen molar-refractivity contribution in [3.05, 3.63) is 56.5 Å². The van der Waals surface area contributed by atoms with E-state index in [1.54, 1.807) is 4.90 Å². The van der Waals surface area contributed by atoms with Crippen LogP contribution in [0.1, 0.15) is 11.1 Å². The molecular weight excluding hydrogens is 522 g/mol. The molecule has 2 heterocycles. The molecule has 0 radical (unpaired) electrons. The molecule has 2 aromatic carbocycles. The molecule has 2 bridgehead atoms. The molecule has 0 aliphatic carbocycles. The van der Waals surface area contributed by atoms with Crippen molar-refractivity contribution < 1.29 is 17.3 Å². The summed E-state index contributed by atoms with van der Waals surface area (Å²) in [6.45, 7) is 3.15. The van der Waals surface area contributed by atoms with Crippen LogP contribution in [-0.4, -0.2) is 11.0 Å². The SMILES string of the molecule is Brc1ccc2c(c1)C[NH+]1CN2Cc2cc(Br)ccc21.ClC(Cl)Cl.[Cl-]. The molecule has 2 aromatic rings. The lowest BCUT2D eigenvalue weighted by atomic mass is 10.0. The molecular formula is C16H14Br2Cl4N2. The zero-order valence-electron chi connectivity index (χ0n) is 12.4. The summed E-state index contributed by atoms with van der Waals surface area (Å²) in [5.74, 6) is 0. The molecule has 24 heavy (non-hydrogen) atoms. The molecule has 130 valence electrons. The number of hydrogen-bond acceptors (Lipinski definition) is 1. The molecule has 2 nitrogen and oxygen atoms in total. The third kappa shape index (κ3) is 4.73. The summed E-state index contributed by atoms with van der Waals surface area (Å²) in [5.41, 5.74) is 5.70. The first-order chi connectivity index (χ1) is 10.9. The van der Waals surface area contributed by atoms with Gasteiger partial charge >= 0.3 is 0 Å². The second kappa shape index (κ2) is 8.81.